The van der Waals surface area contributed by atoms with Crippen LogP contribution in [0.4, 0.5) is 19.7 Å². The molecule has 8 nitrogen and oxygen atoms in total. The number of primary amides is 1. The van der Waals surface area contributed by atoms with Crippen molar-refractivity contribution >= 4 is 23.7 Å². The van der Waals surface area contributed by atoms with Crippen molar-refractivity contribution in [1.29, 1.82) is 0 Å². The largest absolute Gasteiger partial charge is 0.478 e. The quantitative estimate of drug-likeness (QED) is 0.497. The van der Waals surface area contributed by atoms with Crippen molar-refractivity contribution in [2.45, 2.75) is 0 Å². The Morgan fingerprint density at radius 1 is 1.20 bits per heavy atom. The first-order valence-corrected chi connectivity index (χ1v) is 5.51. The molecule has 4 amide bonds. The van der Waals surface area contributed by atoms with Gasteiger partial charge in [0.2, 0.25) is 0 Å². The average Bonchev–Trinajstić information content (AvgIpc) is 2.34. The minimum Gasteiger partial charge on any atom is -0.478 e. The molecule has 108 valence electrons. The van der Waals surface area contributed by atoms with Crippen molar-refractivity contribution in [2.75, 3.05) is 18.4 Å². The molecular weight excluding hydrogens is 271 g/mol. The fourth-order valence-corrected chi connectivity index (χ4v) is 1.30. The van der Waals surface area contributed by atoms with Crippen LogP contribution in [0.25, 0.3) is 0 Å². The highest BCUT2D eigenvalue weighted by atomic mass is 19.1. The van der Waals surface area contributed by atoms with Gasteiger partial charge in [0, 0.05) is 18.8 Å². The van der Waals surface area contributed by atoms with E-state index < -0.39 is 29.4 Å². The van der Waals surface area contributed by atoms with E-state index in [2.05, 4.69) is 16.0 Å². The molecule has 0 spiro atoms. The highest BCUT2D eigenvalue weighted by Crippen LogP contribution is 2.14. The summed E-state index contributed by atoms with van der Waals surface area (Å²) in [5.41, 5.74) is 4.44. The van der Waals surface area contributed by atoms with Gasteiger partial charge in [-0.25, -0.2) is 18.8 Å². The Labute approximate surface area is 113 Å². The molecule has 1 rings (SSSR count). The van der Waals surface area contributed by atoms with Crippen LogP contribution in [0.15, 0.2) is 18.2 Å². The predicted octanol–water partition coefficient (Wildman–Crippen LogP) is 0.314. The van der Waals surface area contributed by atoms with Gasteiger partial charge in [0.05, 0.1) is 5.56 Å². The minimum atomic E-state index is -1.39. The summed E-state index contributed by atoms with van der Waals surface area (Å²) in [7, 11) is 0. The van der Waals surface area contributed by atoms with Crippen LogP contribution in [-0.4, -0.2) is 36.2 Å². The molecule has 0 saturated carbocycles. The number of carboxylic acids is 1. The first-order chi connectivity index (χ1) is 9.40. The highest BCUT2D eigenvalue weighted by Gasteiger charge is 2.11. The number of benzene rings is 1. The van der Waals surface area contributed by atoms with Crippen molar-refractivity contribution in [2.24, 2.45) is 5.73 Å². The Morgan fingerprint density at radius 2 is 1.85 bits per heavy atom. The van der Waals surface area contributed by atoms with Crippen LogP contribution < -0.4 is 21.7 Å². The number of hydrogen-bond donors (Lipinski definition) is 5. The van der Waals surface area contributed by atoms with Crippen LogP contribution >= 0.6 is 0 Å². The zero-order valence-electron chi connectivity index (χ0n) is 10.3. The van der Waals surface area contributed by atoms with Crippen molar-refractivity contribution in [1.82, 2.24) is 10.6 Å². The van der Waals surface area contributed by atoms with Gasteiger partial charge in [-0.2, -0.15) is 0 Å². The molecule has 0 aliphatic carbocycles. The summed E-state index contributed by atoms with van der Waals surface area (Å²) in [5.74, 6) is -2.35. The summed E-state index contributed by atoms with van der Waals surface area (Å²) in [6.45, 7) is 0.277. The van der Waals surface area contributed by atoms with E-state index in [1.165, 1.54) is 6.07 Å². The van der Waals surface area contributed by atoms with Crippen LogP contribution in [0.5, 0.6) is 0 Å². The molecule has 0 atom stereocenters. The summed E-state index contributed by atoms with van der Waals surface area (Å²) >= 11 is 0. The average molecular weight is 284 g/mol. The zero-order valence-corrected chi connectivity index (χ0v) is 10.3. The molecule has 0 unspecified atom stereocenters. The molecule has 0 radical (unpaired) electrons. The number of carbonyl (C=O) groups is 3. The summed E-state index contributed by atoms with van der Waals surface area (Å²) < 4.78 is 13.3. The minimum absolute atomic E-state index is 0.105. The zero-order chi connectivity index (χ0) is 15.1. The third-order valence-electron chi connectivity index (χ3n) is 2.17. The summed E-state index contributed by atoms with van der Waals surface area (Å²) in [6, 6.07) is 1.86. The van der Waals surface area contributed by atoms with Crippen molar-refractivity contribution in [3.05, 3.63) is 29.6 Å². The van der Waals surface area contributed by atoms with Crippen LogP contribution in [-0.2, 0) is 0 Å². The second-order valence-corrected chi connectivity index (χ2v) is 3.67. The number of aromatic carboxylic acids is 1. The Balaban J connectivity index is 2.48. The number of urea groups is 2. The lowest BCUT2D eigenvalue weighted by atomic mass is 10.2. The molecule has 1 aromatic rings. The Hall–Kier alpha value is -2.84. The molecule has 0 saturated heterocycles. The first kappa shape index (κ1) is 15.2. The fourth-order valence-electron chi connectivity index (χ4n) is 1.30. The third-order valence-corrected chi connectivity index (χ3v) is 2.17. The van der Waals surface area contributed by atoms with Gasteiger partial charge in [-0.1, -0.05) is 0 Å². The standard InChI is InChI=1S/C11H13FN4O4/c12-8-5-6(1-2-7(8)9(17)18)16-11(20)15-4-3-14-10(13)19/h1-2,5H,3-4H2,(H,17,18)(H3,13,14,19)(H2,15,16,20). The first-order valence-electron chi connectivity index (χ1n) is 5.51. The van der Waals surface area contributed by atoms with Crippen LogP contribution in [0.1, 0.15) is 10.4 Å². The van der Waals surface area contributed by atoms with Gasteiger partial charge in [0.15, 0.2) is 0 Å². The molecular formula is C11H13FN4O4. The molecule has 0 aromatic heterocycles. The Kier molecular flexibility index (Phi) is 5.27. The highest BCUT2D eigenvalue weighted by molar-refractivity contribution is 5.91. The van der Waals surface area contributed by atoms with E-state index >= 15 is 0 Å². The van der Waals surface area contributed by atoms with Gasteiger partial charge in [0.1, 0.15) is 5.82 Å². The third kappa shape index (κ3) is 4.80. The van der Waals surface area contributed by atoms with E-state index in [1.807, 2.05) is 0 Å². The van der Waals surface area contributed by atoms with Gasteiger partial charge < -0.3 is 26.8 Å². The molecule has 6 N–H and O–H groups in total. The molecule has 0 aliphatic heterocycles. The molecule has 0 fully saturated rings. The second-order valence-electron chi connectivity index (χ2n) is 3.67. The normalized spacial score (nSPS) is 9.65. The molecule has 1 aromatic carbocycles. The summed E-state index contributed by atoms with van der Waals surface area (Å²) in [6.07, 6.45) is 0. The fraction of sp³-hybridized carbons (Fsp3) is 0.182. The van der Waals surface area contributed by atoms with Gasteiger partial charge in [-0.05, 0) is 18.2 Å². The van der Waals surface area contributed by atoms with E-state index in [-0.39, 0.29) is 18.8 Å². The number of nitrogens with two attached hydrogens (primary N) is 1. The van der Waals surface area contributed by atoms with Crippen molar-refractivity contribution in [3.8, 4) is 0 Å². The molecule has 20 heavy (non-hydrogen) atoms. The number of anilines is 1. The number of halogens is 1. The van der Waals surface area contributed by atoms with E-state index in [0.29, 0.717) is 0 Å². The van der Waals surface area contributed by atoms with E-state index in [1.54, 1.807) is 0 Å². The number of carboxylic acid groups (broad SMARTS) is 1. The lowest BCUT2D eigenvalue weighted by Gasteiger charge is -2.08. The maximum atomic E-state index is 13.3. The van der Waals surface area contributed by atoms with E-state index in [4.69, 9.17) is 10.8 Å². The van der Waals surface area contributed by atoms with Crippen molar-refractivity contribution in [3.63, 3.8) is 0 Å². The molecule has 9 heteroatoms. The molecule has 0 aliphatic rings. The maximum Gasteiger partial charge on any atom is 0.338 e. The lowest BCUT2D eigenvalue weighted by molar-refractivity contribution is 0.0692. The molecule has 0 heterocycles. The van der Waals surface area contributed by atoms with E-state index in [9.17, 15) is 18.8 Å². The van der Waals surface area contributed by atoms with Crippen LogP contribution in [0.3, 0.4) is 0 Å². The summed E-state index contributed by atoms with van der Waals surface area (Å²) in [4.78, 5) is 32.3. The SMILES string of the molecule is NC(=O)NCCNC(=O)Nc1ccc(C(=O)O)c(F)c1. The van der Waals surface area contributed by atoms with Crippen molar-refractivity contribution < 1.29 is 23.9 Å². The number of nitrogens with one attached hydrogen (secondary N) is 3. The predicted molar refractivity (Wildman–Crippen MR) is 68.0 cm³/mol. The Bertz CT molecular complexity index is 535. The van der Waals surface area contributed by atoms with Gasteiger partial charge >= 0.3 is 18.0 Å². The van der Waals surface area contributed by atoms with Crippen LogP contribution in [0.2, 0.25) is 0 Å². The van der Waals surface area contributed by atoms with Gasteiger partial charge in [-0.3, -0.25) is 0 Å². The van der Waals surface area contributed by atoms with Crippen LogP contribution in [0, 0.1) is 5.82 Å². The second kappa shape index (κ2) is 6.92. The van der Waals surface area contributed by atoms with E-state index in [0.717, 1.165) is 12.1 Å². The number of carbonyl (C=O) groups excluding carboxylic acids is 2. The van der Waals surface area contributed by atoms with Gasteiger partial charge in [-0.15, -0.1) is 0 Å². The Morgan fingerprint density at radius 3 is 2.40 bits per heavy atom. The number of hydrogen-bond acceptors (Lipinski definition) is 3. The maximum absolute atomic E-state index is 13.3. The smallest absolute Gasteiger partial charge is 0.338 e. The lowest BCUT2D eigenvalue weighted by Crippen LogP contribution is -2.38. The number of rotatable bonds is 5. The van der Waals surface area contributed by atoms with Gasteiger partial charge in [0.25, 0.3) is 0 Å². The molecule has 0 bridgehead atoms. The topological polar surface area (TPSA) is 134 Å². The number of amides is 4. The monoisotopic (exact) mass is 284 g/mol. The summed E-state index contributed by atoms with van der Waals surface area (Å²) in [5, 5.41) is 15.6.